The molecule has 0 aliphatic carbocycles. The zero-order valence-corrected chi connectivity index (χ0v) is 12.8. The average Bonchev–Trinajstić information content (AvgIpc) is 2.58. The van der Waals surface area contributed by atoms with Gasteiger partial charge in [0.25, 0.3) is 0 Å². The summed E-state index contributed by atoms with van der Waals surface area (Å²) >= 11 is 5.65. The van der Waals surface area contributed by atoms with Crippen LogP contribution in [-0.4, -0.2) is 9.97 Å². The molecule has 5 heteroatoms. The third-order valence-corrected chi connectivity index (χ3v) is 3.54. The van der Waals surface area contributed by atoms with Crippen LogP contribution >= 0.6 is 11.8 Å². The van der Waals surface area contributed by atoms with E-state index in [1.807, 2.05) is 61.5 Å². The minimum absolute atomic E-state index is 0.552. The van der Waals surface area contributed by atoms with Crippen LogP contribution in [0, 0.1) is 6.92 Å². The maximum Gasteiger partial charge on any atom is 0.227 e. The molecular formula is C17H15ClN4. The lowest BCUT2D eigenvalue weighted by Crippen LogP contribution is -2.00. The molecule has 4 nitrogen and oxygen atoms in total. The van der Waals surface area contributed by atoms with Gasteiger partial charge in [-0.05, 0) is 30.7 Å². The molecule has 0 spiro atoms. The highest BCUT2D eigenvalue weighted by Gasteiger charge is 2.05. The lowest BCUT2D eigenvalue weighted by atomic mass is 10.1. The van der Waals surface area contributed by atoms with Crippen LogP contribution in [0.1, 0.15) is 5.56 Å². The Kier molecular flexibility index (Phi) is 4.21. The van der Waals surface area contributed by atoms with Crippen LogP contribution in [0.15, 0.2) is 60.8 Å². The smallest absolute Gasteiger partial charge is 0.227 e. The summed E-state index contributed by atoms with van der Waals surface area (Å²) in [6.07, 6.45) is 1.75. The normalized spacial score (nSPS) is 10.3. The Bertz CT molecular complexity index is 775. The minimum atomic E-state index is 0.552. The van der Waals surface area contributed by atoms with E-state index < -0.39 is 0 Å². The maximum absolute atomic E-state index is 5.65. The van der Waals surface area contributed by atoms with Crippen molar-refractivity contribution in [2.75, 3.05) is 10.2 Å². The highest BCUT2D eigenvalue weighted by atomic mass is 35.5. The molecule has 0 saturated carbocycles. The first-order valence-electron chi connectivity index (χ1n) is 6.89. The predicted octanol–water partition coefficient (Wildman–Crippen LogP) is 4.76. The van der Waals surface area contributed by atoms with Gasteiger partial charge in [0.15, 0.2) is 0 Å². The van der Waals surface area contributed by atoms with Crippen LogP contribution < -0.4 is 10.2 Å². The van der Waals surface area contributed by atoms with E-state index in [4.69, 9.17) is 11.8 Å². The monoisotopic (exact) mass is 310 g/mol. The van der Waals surface area contributed by atoms with Crippen molar-refractivity contribution in [1.29, 1.82) is 0 Å². The second-order valence-electron chi connectivity index (χ2n) is 4.88. The molecule has 1 heterocycles. The summed E-state index contributed by atoms with van der Waals surface area (Å²) in [6.45, 7) is 2.02. The van der Waals surface area contributed by atoms with Crippen LogP contribution in [0.5, 0.6) is 0 Å². The molecule has 0 aliphatic heterocycles. The Hall–Kier alpha value is -2.59. The number of rotatable bonds is 4. The first-order valence-corrected chi connectivity index (χ1v) is 7.27. The average molecular weight is 311 g/mol. The lowest BCUT2D eigenvalue weighted by Gasteiger charge is -2.10. The number of aryl methyl sites for hydroxylation is 1. The van der Waals surface area contributed by atoms with E-state index in [2.05, 4.69) is 20.1 Å². The van der Waals surface area contributed by atoms with Gasteiger partial charge in [0.1, 0.15) is 0 Å². The van der Waals surface area contributed by atoms with Gasteiger partial charge in [-0.1, -0.05) is 36.4 Å². The molecule has 3 rings (SSSR count). The van der Waals surface area contributed by atoms with E-state index in [1.54, 1.807) is 6.20 Å². The van der Waals surface area contributed by atoms with Crippen molar-refractivity contribution in [3.63, 3.8) is 0 Å². The highest BCUT2D eigenvalue weighted by molar-refractivity contribution is 6.24. The third kappa shape index (κ3) is 3.18. The number of hydrogen-bond acceptors (Lipinski definition) is 4. The molecule has 1 aromatic heterocycles. The molecule has 0 radical (unpaired) electrons. The summed E-state index contributed by atoms with van der Waals surface area (Å²) in [6, 6.07) is 17.7. The number of nitrogens with zero attached hydrogens (tertiary/aromatic N) is 2. The first-order chi connectivity index (χ1) is 10.8. The number of halogens is 1. The highest BCUT2D eigenvalue weighted by Crippen LogP contribution is 2.24. The van der Waals surface area contributed by atoms with Crippen molar-refractivity contribution < 1.29 is 0 Å². The van der Waals surface area contributed by atoms with Gasteiger partial charge in [-0.25, -0.2) is 9.97 Å². The van der Waals surface area contributed by atoms with Gasteiger partial charge in [-0.2, -0.15) is 0 Å². The van der Waals surface area contributed by atoms with Crippen molar-refractivity contribution >= 4 is 29.1 Å². The summed E-state index contributed by atoms with van der Waals surface area (Å²) in [5.41, 5.74) is 4.75. The molecule has 2 N–H and O–H groups in total. The number of hydrogen-bond donors (Lipinski definition) is 2. The predicted molar refractivity (Wildman–Crippen MR) is 91.4 cm³/mol. The standard InChI is InChI=1S/C17H15ClN4/c1-12-7-8-14(22-18)11-16(12)21-17-19-10-9-15(20-17)13-5-3-2-4-6-13/h2-11,22H,1H3,(H,19,20,21). The van der Waals surface area contributed by atoms with Gasteiger partial charge >= 0.3 is 0 Å². The largest absolute Gasteiger partial charge is 0.324 e. The van der Waals surface area contributed by atoms with Crippen LogP contribution in [0.4, 0.5) is 17.3 Å². The summed E-state index contributed by atoms with van der Waals surface area (Å²) in [7, 11) is 0. The van der Waals surface area contributed by atoms with Crippen LogP contribution in [-0.2, 0) is 0 Å². The Morgan fingerprint density at radius 2 is 1.82 bits per heavy atom. The van der Waals surface area contributed by atoms with Crippen molar-refractivity contribution in [2.45, 2.75) is 6.92 Å². The quantitative estimate of drug-likeness (QED) is 0.682. The van der Waals surface area contributed by atoms with E-state index >= 15 is 0 Å². The molecule has 0 fully saturated rings. The van der Waals surface area contributed by atoms with Gasteiger partial charge in [0.05, 0.1) is 11.4 Å². The number of nitrogens with one attached hydrogen (secondary N) is 2. The molecule has 110 valence electrons. The van der Waals surface area contributed by atoms with E-state index in [-0.39, 0.29) is 0 Å². The molecule has 0 saturated heterocycles. The van der Waals surface area contributed by atoms with Crippen molar-refractivity contribution in [3.8, 4) is 11.3 Å². The third-order valence-electron chi connectivity index (χ3n) is 3.32. The van der Waals surface area contributed by atoms with Crippen molar-refractivity contribution in [3.05, 3.63) is 66.4 Å². The second-order valence-corrected chi connectivity index (χ2v) is 5.07. The van der Waals surface area contributed by atoms with E-state index in [0.29, 0.717) is 5.95 Å². The fourth-order valence-electron chi connectivity index (χ4n) is 2.12. The molecule has 2 aromatic carbocycles. The Labute approximate surface area is 134 Å². The van der Waals surface area contributed by atoms with E-state index in [1.165, 1.54) is 0 Å². The van der Waals surface area contributed by atoms with Crippen LogP contribution in [0.2, 0.25) is 0 Å². The summed E-state index contributed by atoms with van der Waals surface area (Å²) in [4.78, 5) is 11.4. The van der Waals surface area contributed by atoms with Crippen LogP contribution in [0.3, 0.4) is 0 Å². The number of benzene rings is 2. The zero-order chi connectivity index (χ0) is 15.4. The molecular weight excluding hydrogens is 296 g/mol. The maximum atomic E-state index is 5.65. The fourth-order valence-corrected chi connectivity index (χ4v) is 2.24. The van der Waals surface area contributed by atoms with Gasteiger partial charge in [0, 0.05) is 29.2 Å². The van der Waals surface area contributed by atoms with Crippen LogP contribution in [0.25, 0.3) is 11.3 Å². The van der Waals surface area contributed by atoms with Gasteiger partial charge in [-0.3, -0.25) is 4.84 Å². The lowest BCUT2D eigenvalue weighted by molar-refractivity contribution is 1.17. The number of anilines is 3. The molecule has 22 heavy (non-hydrogen) atoms. The fraction of sp³-hybridized carbons (Fsp3) is 0.0588. The van der Waals surface area contributed by atoms with E-state index in [9.17, 15) is 0 Å². The minimum Gasteiger partial charge on any atom is -0.324 e. The molecule has 0 unspecified atom stereocenters. The van der Waals surface area contributed by atoms with Crippen molar-refractivity contribution in [2.24, 2.45) is 0 Å². The first kappa shape index (κ1) is 14.4. The van der Waals surface area contributed by atoms with E-state index in [0.717, 1.165) is 28.2 Å². The molecule has 0 bridgehead atoms. The molecule has 0 amide bonds. The zero-order valence-electron chi connectivity index (χ0n) is 12.0. The van der Waals surface area contributed by atoms with Gasteiger partial charge in [-0.15, -0.1) is 0 Å². The van der Waals surface area contributed by atoms with Gasteiger partial charge < -0.3 is 5.32 Å². The van der Waals surface area contributed by atoms with Crippen molar-refractivity contribution in [1.82, 2.24) is 9.97 Å². The Morgan fingerprint density at radius 1 is 1.00 bits per heavy atom. The topological polar surface area (TPSA) is 49.8 Å². The molecule has 0 aliphatic rings. The Balaban J connectivity index is 1.90. The molecule has 0 atom stereocenters. The SMILES string of the molecule is Cc1ccc(NCl)cc1Nc1nccc(-c2ccccc2)n1. The summed E-state index contributed by atoms with van der Waals surface area (Å²) in [5.74, 6) is 0.552. The Morgan fingerprint density at radius 3 is 2.59 bits per heavy atom. The van der Waals surface area contributed by atoms with Gasteiger partial charge in [0.2, 0.25) is 5.95 Å². The number of aromatic nitrogens is 2. The summed E-state index contributed by atoms with van der Waals surface area (Å²) < 4.78 is 0. The molecule has 3 aromatic rings. The summed E-state index contributed by atoms with van der Waals surface area (Å²) in [5, 5.41) is 3.24. The second kappa shape index (κ2) is 6.45.